The van der Waals surface area contributed by atoms with Gasteiger partial charge in [0, 0.05) is 48.9 Å². The summed E-state index contributed by atoms with van der Waals surface area (Å²) >= 11 is 6.21. The summed E-state index contributed by atoms with van der Waals surface area (Å²) in [5, 5.41) is 0.755. The van der Waals surface area contributed by atoms with E-state index in [9.17, 15) is 4.79 Å². The van der Waals surface area contributed by atoms with Gasteiger partial charge in [0.05, 0.1) is 0 Å². The van der Waals surface area contributed by atoms with Crippen LogP contribution in [0.25, 0.3) is 0 Å². The Morgan fingerprint density at radius 2 is 1.96 bits per heavy atom. The Hall–Kier alpha value is -1.91. The second-order valence-corrected chi connectivity index (χ2v) is 7.98. The van der Waals surface area contributed by atoms with Crippen molar-refractivity contribution in [2.75, 3.05) is 13.1 Å². The average Bonchev–Trinajstić information content (AvgIpc) is 2.69. The highest BCUT2D eigenvalue weighted by atomic mass is 35.5. The van der Waals surface area contributed by atoms with Gasteiger partial charge in [-0.1, -0.05) is 23.7 Å². The van der Waals surface area contributed by atoms with Crippen LogP contribution in [-0.4, -0.2) is 34.9 Å². The normalized spacial score (nSPS) is 22.4. The first-order valence-electron chi connectivity index (χ1n) is 9.66. The summed E-state index contributed by atoms with van der Waals surface area (Å²) in [6.07, 6.45) is 8.36. The van der Waals surface area contributed by atoms with Crippen LogP contribution in [0.5, 0.6) is 0 Å². The second kappa shape index (κ2) is 8.85. The van der Waals surface area contributed by atoms with E-state index in [-0.39, 0.29) is 17.4 Å². The lowest BCUT2D eigenvalue weighted by atomic mass is 9.68. The highest BCUT2D eigenvalue weighted by Crippen LogP contribution is 2.40. The Labute approximate surface area is 166 Å². The van der Waals surface area contributed by atoms with Gasteiger partial charge in [0.25, 0.3) is 0 Å². The lowest BCUT2D eigenvalue weighted by Crippen LogP contribution is -2.47. The minimum atomic E-state index is -0.0328. The van der Waals surface area contributed by atoms with Crippen LogP contribution in [0.15, 0.2) is 48.8 Å². The number of nitrogens with zero attached hydrogens (tertiary/aromatic N) is 2. The van der Waals surface area contributed by atoms with E-state index >= 15 is 0 Å². The van der Waals surface area contributed by atoms with Crippen molar-refractivity contribution < 1.29 is 4.79 Å². The summed E-state index contributed by atoms with van der Waals surface area (Å²) < 4.78 is 0. The van der Waals surface area contributed by atoms with Gasteiger partial charge in [-0.3, -0.25) is 9.78 Å². The first-order chi connectivity index (χ1) is 13.0. The zero-order valence-electron chi connectivity index (χ0n) is 15.9. The molecule has 2 N–H and O–H groups in total. The molecule has 5 heteroatoms. The Balaban J connectivity index is 1.67. The van der Waals surface area contributed by atoms with Gasteiger partial charge in [-0.2, -0.15) is 0 Å². The Morgan fingerprint density at radius 3 is 2.56 bits per heavy atom. The number of aromatic nitrogens is 1. The number of pyridine rings is 1. The number of amides is 1. The molecule has 4 nitrogen and oxygen atoms in total. The molecule has 1 fully saturated rings. The Morgan fingerprint density at radius 1 is 1.26 bits per heavy atom. The molecular weight excluding hydrogens is 358 g/mol. The van der Waals surface area contributed by atoms with Crippen LogP contribution in [0.4, 0.5) is 0 Å². The van der Waals surface area contributed by atoms with Crippen LogP contribution in [0.1, 0.15) is 43.7 Å². The molecule has 1 aliphatic rings. The second-order valence-electron chi connectivity index (χ2n) is 7.54. The minimum Gasteiger partial charge on any atom is -0.340 e. The van der Waals surface area contributed by atoms with Crippen molar-refractivity contribution in [1.29, 1.82) is 0 Å². The summed E-state index contributed by atoms with van der Waals surface area (Å²) in [6, 6.07) is 12.4. The lowest BCUT2D eigenvalue weighted by molar-refractivity contribution is -0.132. The summed E-state index contributed by atoms with van der Waals surface area (Å²) in [4.78, 5) is 18.4. The van der Waals surface area contributed by atoms with Gasteiger partial charge in [-0.25, -0.2) is 0 Å². The number of benzene rings is 1. The van der Waals surface area contributed by atoms with Gasteiger partial charge in [-0.15, -0.1) is 0 Å². The van der Waals surface area contributed by atoms with Crippen LogP contribution >= 0.6 is 11.6 Å². The average molecular weight is 386 g/mol. The van der Waals surface area contributed by atoms with Crippen LogP contribution in [-0.2, 0) is 16.6 Å². The van der Waals surface area contributed by atoms with Crippen LogP contribution in [0.2, 0.25) is 5.02 Å². The van der Waals surface area contributed by atoms with E-state index in [1.807, 2.05) is 35.2 Å². The third-order valence-electron chi connectivity index (χ3n) is 5.98. The molecule has 1 saturated carbocycles. The van der Waals surface area contributed by atoms with E-state index in [0.717, 1.165) is 43.7 Å². The van der Waals surface area contributed by atoms with Gasteiger partial charge in [0.2, 0.25) is 5.91 Å². The third-order valence-corrected chi connectivity index (χ3v) is 6.21. The predicted molar refractivity (Wildman–Crippen MR) is 110 cm³/mol. The Bertz CT molecular complexity index is 757. The maximum atomic E-state index is 12.3. The quantitative estimate of drug-likeness (QED) is 0.818. The van der Waals surface area contributed by atoms with E-state index in [2.05, 4.69) is 11.1 Å². The number of halogens is 1. The summed E-state index contributed by atoms with van der Waals surface area (Å²) in [5.74, 6) is 0.150. The fourth-order valence-corrected chi connectivity index (χ4v) is 4.48. The molecule has 0 unspecified atom stereocenters. The molecule has 0 aliphatic heterocycles. The molecule has 3 rings (SSSR count). The summed E-state index contributed by atoms with van der Waals surface area (Å²) in [5.41, 5.74) is 8.61. The standard InChI is InChI=1S/C22H28ClN3O/c1-17(27)26(14-9-18-7-12-25-13-8-18)21-5-10-22(16-24,11-6-21)19-3-2-4-20(23)15-19/h2-4,7-8,12-13,15,21H,5-6,9-11,14,16,24H2,1H3. The number of carbonyl (C=O) groups excluding carboxylic acids is 1. The van der Waals surface area contributed by atoms with E-state index < -0.39 is 0 Å². The predicted octanol–water partition coefficient (Wildman–Crippen LogP) is 3.97. The topological polar surface area (TPSA) is 59.2 Å². The van der Waals surface area contributed by atoms with Gasteiger partial charge in [-0.05, 0) is 67.5 Å². The van der Waals surface area contributed by atoms with Crippen LogP contribution in [0, 0.1) is 0 Å². The third kappa shape index (κ3) is 4.69. The molecule has 2 aromatic rings. The minimum absolute atomic E-state index is 0.0328. The van der Waals surface area contributed by atoms with Gasteiger partial charge >= 0.3 is 0 Å². The summed E-state index contributed by atoms with van der Waals surface area (Å²) in [7, 11) is 0. The number of hydrogen-bond donors (Lipinski definition) is 1. The van der Waals surface area contributed by atoms with Crippen LogP contribution in [0.3, 0.4) is 0 Å². The molecule has 1 aromatic carbocycles. The van der Waals surface area contributed by atoms with Crippen molar-refractivity contribution in [3.8, 4) is 0 Å². The smallest absolute Gasteiger partial charge is 0.219 e. The van der Waals surface area contributed by atoms with E-state index in [0.29, 0.717) is 6.54 Å². The van der Waals surface area contributed by atoms with E-state index in [1.165, 1.54) is 11.1 Å². The fourth-order valence-electron chi connectivity index (χ4n) is 4.29. The number of carbonyl (C=O) groups is 1. The van der Waals surface area contributed by atoms with Crippen molar-refractivity contribution in [2.24, 2.45) is 5.73 Å². The SMILES string of the molecule is CC(=O)N(CCc1ccncc1)C1CCC(CN)(c2cccc(Cl)c2)CC1. The molecule has 1 aliphatic carbocycles. The highest BCUT2D eigenvalue weighted by Gasteiger charge is 2.38. The van der Waals surface area contributed by atoms with Crippen LogP contribution < -0.4 is 5.73 Å². The lowest BCUT2D eigenvalue weighted by Gasteiger charge is -2.43. The van der Waals surface area contributed by atoms with Gasteiger partial charge in [0.15, 0.2) is 0 Å². The zero-order chi connectivity index (χ0) is 19.3. The van der Waals surface area contributed by atoms with Crippen molar-refractivity contribution in [1.82, 2.24) is 9.88 Å². The van der Waals surface area contributed by atoms with Crippen molar-refractivity contribution in [3.63, 3.8) is 0 Å². The van der Waals surface area contributed by atoms with Gasteiger partial charge in [0.1, 0.15) is 0 Å². The molecule has 1 heterocycles. The monoisotopic (exact) mass is 385 g/mol. The fraction of sp³-hybridized carbons (Fsp3) is 0.455. The maximum absolute atomic E-state index is 12.3. The number of hydrogen-bond acceptors (Lipinski definition) is 3. The molecule has 0 spiro atoms. The molecule has 1 amide bonds. The molecular formula is C22H28ClN3O. The van der Waals surface area contributed by atoms with Crippen molar-refractivity contribution in [2.45, 2.75) is 50.5 Å². The zero-order valence-corrected chi connectivity index (χ0v) is 16.7. The van der Waals surface area contributed by atoms with E-state index in [1.54, 1.807) is 19.3 Å². The molecule has 0 bridgehead atoms. The molecule has 0 saturated heterocycles. The molecule has 144 valence electrons. The maximum Gasteiger partial charge on any atom is 0.219 e. The highest BCUT2D eigenvalue weighted by molar-refractivity contribution is 6.30. The molecule has 27 heavy (non-hydrogen) atoms. The first kappa shape index (κ1) is 19.8. The number of rotatable bonds is 6. The summed E-state index contributed by atoms with van der Waals surface area (Å²) in [6.45, 7) is 3.03. The largest absolute Gasteiger partial charge is 0.340 e. The van der Waals surface area contributed by atoms with Crippen molar-refractivity contribution >= 4 is 17.5 Å². The first-order valence-corrected chi connectivity index (χ1v) is 10.0. The molecule has 1 aromatic heterocycles. The van der Waals surface area contributed by atoms with Gasteiger partial charge < -0.3 is 10.6 Å². The number of nitrogens with two attached hydrogens (primary N) is 1. The van der Waals surface area contributed by atoms with Crippen molar-refractivity contribution in [3.05, 3.63) is 64.9 Å². The molecule has 0 radical (unpaired) electrons. The molecule has 0 atom stereocenters. The Kier molecular flexibility index (Phi) is 6.51. The van der Waals surface area contributed by atoms with E-state index in [4.69, 9.17) is 17.3 Å².